The van der Waals surface area contributed by atoms with E-state index in [4.69, 9.17) is 40.0 Å². The van der Waals surface area contributed by atoms with Gasteiger partial charge in [0.15, 0.2) is 0 Å². The van der Waals surface area contributed by atoms with Crippen molar-refractivity contribution in [3.63, 3.8) is 0 Å². The molecule has 12 heteroatoms. The van der Waals surface area contributed by atoms with Crippen molar-refractivity contribution in [2.24, 2.45) is 0 Å². The number of allylic oxidation sites excluding steroid dienone is 4. The van der Waals surface area contributed by atoms with E-state index in [1.807, 2.05) is 59.2 Å². The molecule has 2 aliphatic rings. The molecular formula is C39H48ClN3O8. The van der Waals surface area contributed by atoms with Gasteiger partial charge in [-0.05, 0) is 41.8 Å². The molecule has 0 saturated carbocycles. The van der Waals surface area contributed by atoms with Crippen molar-refractivity contribution in [2.75, 3.05) is 67.8 Å². The number of fused-ring (bicyclic) bond motifs is 2. The fourth-order valence-corrected chi connectivity index (χ4v) is 7.26. The molecule has 0 bridgehead atoms. The van der Waals surface area contributed by atoms with Gasteiger partial charge < -0.3 is 42.8 Å². The highest BCUT2D eigenvalue weighted by atomic mass is 35.5. The molecule has 0 saturated heterocycles. The van der Waals surface area contributed by atoms with Crippen molar-refractivity contribution in [3.05, 3.63) is 99.9 Å². The Morgan fingerprint density at radius 3 is 2.24 bits per heavy atom. The van der Waals surface area contributed by atoms with Gasteiger partial charge in [0.1, 0.15) is 35.9 Å². The Morgan fingerprint density at radius 1 is 0.843 bits per heavy atom. The van der Waals surface area contributed by atoms with Gasteiger partial charge in [-0.3, -0.25) is 9.59 Å². The van der Waals surface area contributed by atoms with Crippen LogP contribution in [-0.4, -0.2) is 109 Å². The van der Waals surface area contributed by atoms with Gasteiger partial charge in [0.25, 0.3) is 11.8 Å². The quantitative estimate of drug-likeness (QED) is 0.195. The Kier molecular flexibility index (Phi) is 13.1. The summed E-state index contributed by atoms with van der Waals surface area (Å²) in [6, 6.07) is 17.1. The molecule has 1 aliphatic heterocycles. The summed E-state index contributed by atoms with van der Waals surface area (Å²) in [4.78, 5) is 32.1. The Morgan fingerprint density at radius 2 is 1.57 bits per heavy atom. The summed E-state index contributed by atoms with van der Waals surface area (Å²) < 4.78 is 36.3. The highest BCUT2D eigenvalue weighted by Crippen LogP contribution is 2.38. The third-order valence-corrected chi connectivity index (χ3v) is 9.95. The van der Waals surface area contributed by atoms with Crippen molar-refractivity contribution < 1.29 is 38.0 Å². The standard InChI is InChI=1S/C39H48ClN3O8/c1-41(23-33(47-3)36(50-6)37(51-7)34(48-4)24-46-2)39(45)32-19-18-28-22-43(31-17-9-8-12-26(31)21-42(28)32)38(44)30-16-11-15-29(35(30)49-5)25-13-10-14-27(40)20-25/h8-9,11-19,33-34,36-37H,10,20-24H2,1-7H3/t33-,34+,36+,37+/m0/s1. The van der Waals surface area contributed by atoms with Gasteiger partial charge in [-0.2, -0.15) is 0 Å². The average molecular weight is 722 g/mol. The van der Waals surface area contributed by atoms with Gasteiger partial charge in [0.2, 0.25) is 0 Å². The highest BCUT2D eigenvalue weighted by Gasteiger charge is 2.38. The molecule has 0 unspecified atom stereocenters. The third-order valence-electron chi connectivity index (χ3n) is 9.66. The van der Waals surface area contributed by atoms with Gasteiger partial charge in [0, 0.05) is 77.5 Å². The minimum atomic E-state index is -0.565. The lowest BCUT2D eigenvalue weighted by Gasteiger charge is -2.36. The fraction of sp³-hybridized carbons (Fsp3) is 0.436. The number of hydrogen-bond donors (Lipinski definition) is 0. The maximum absolute atomic E-state index is 14.5. The smallest absolute Gasteiger partial charge is 0.270 e. The molecular weight excluding hydrogens is 674 g/mol. The first-order valence-electron chi connectivity index (χ1n) is 16.9. The Balaban J connectivity index is 1.43. The number of carbonyl (C=O) groups excluding carboxylic acids is 2. The molecule has 51 heavy (non-hydrogen) atoms. The number of methoxy groups -OCH3 is 6. The highest BCUT2D eigenvalue weighted by molar-refractivity contribution is 6.30. The lowest BCUT2D eigenvalue weighted by atomic mass is 9.94. The maximum Gasteiger partial charge on any atom is 0.270 e. The number of para-hydroxylation sites is 2. The predicted molar refractivity (Wildman–Crippen MR) is 197 cm³/mol. The molecule has 2 heterocycles. The molecule has 0 N–H and O–H groups in total. The van der Waals surface area contributed by atoms with E-state index in [1.54, 1.807) is 65.6 Å². The number of halogens is 1. The van der Waals surface area contributed by atoms with E-state index in [0.29, 0.717) is 36.6 Å². The number of nitrogens with zero attached hydrogens (tertiary/aromatic N) is 3. The van der Waals surface area contributed by atoms with E-state index in [1.165, 1.54) is 0 Å². The monoisotopic (exact) mass is 721 g/mol. The molecule has 274 valence electrons. The van der Waals surface area contributed by atoms with Gasteiger partial charge in [0.05, 0.1) is 32.4 Å². The first kappa shape index (κ1) is 38.3. The largest absolute Gasteiger partial charge is 0.495 e. The molecule has 2 amide bonds. The number of anilines is 1. The zero-order chi connectivity index (χ0) is 36.7. The second-order valence-corrected chi connectivity index (χ2v) is 13.1. The lowest BCUT2D eigenvalue weighted by Crippen LogP contribution is -2.53. The van der Waals surface area contributed by atoms with Crippen molar-refractivity contribution in [3.8, 4) is 5.75 Å². The topological polar surface area (TPSA) is 101 Å². The van der Waals surface area contributed by atoms with E-state index >= 15 is 0 Å². The van der Waals surface area contributed by atoms with Gasteiger partial charge in [-0.25, -0.2) is 0 Å². The van der Waals surface area contributed by atoms with Crippen LogP contribution < -0.4 is 9.64 Å². The van der Waals surface area contributed by atoms with Crippen LogP contribution in [0.4, 0.5) is 5.69 Å². The summed E-state index contributed by atoms with van der Waals surface area (Å²) in [7, 11) is 11.2. The molecule has 1 aliphatic carbocycles. The van der Waals surface area contributed by atoms with Crippen LogP contribution in [0.2, 0.25) is 0 Å². The Labute approximate surface area is 305 Å². The van der Waals surface area contributed by atoms with Crippen LogP contribution in [-0.2, 0) is 36.8 Å². The van der Waals surface area contributed by atoms with E-state index in [9.17, 15) is 9.59 Å². The van der Waals surface area contributed by atoms with Crippen molar-refractivity contribution in [1.29, 1.82) is 0 Å². The van der Waals surface area contributed by atoms with E-state index in [2.05, 4.69) is 6.08 Å². The van der Waals surface area contributed by atoms with Crippen molar-refractivity contribution in [2.45, 2.75) is 50.3 Å². The summed E-state index contributed by atoms with van der Waals surface area (Å²) in [5.41, 5.74) is 5.29. The van der Waals surface area contributed by atoms with Crippen LogP contribution in [0.15, 0.2) is 71.8 Å². The number of amides is 2. The molecule has 0 fully saturated rings. The number of ether oxygens (including phenoxy) is 6. The molecule has 0 spiro atoms. The van der Waals surface area contributed by atoms with Crippen molar-refractivity contribution >= 4 is 34.7 Å². The Hall–Kier alpha value is -3.97. The van der Waals surface area contributed by atoms with Crippen LogP contribution in [0, 0.1) is 0 Å². The van der Waals surface area contributed by atoms with Crippen molar-refractivity contribution in [1.82, 2.24) is 9.47 Å². The molecule has 1 aromatic heterocycles. The minimum absolute atomic E-state index is 0.201. The SMILES string of the molecule is COC[C@@H](OC)[C@@H](OC)[C@H](OC)[C@H](CN(C)C(=O)c1ccc2n1Cc1ccccc1N(C(=O)c1cccc(C3=CCC=C(Cl)C3)c1OC)C2)OC. The normalized spacial score (nSPS) is 16.5. The van der Waals surface area contributed by atoms with Crippen LogP contribution in [0.3, 0.4) is 0 Å². The average Bonchev–Trinajstić information content (AvgIpc) is 3.46. The molecule has 2 aromatic carbocycles. The van der Waals surface area contributed by atoms with E-state index < -0.39 is 24.4 Å². The fourth-order valence-electron chi connectivity index (χ4n) is 7.03. The molecule has 11 nitrogen and oxygen atoms in total. The number of likely N-dealkylation sites (N-methyl/N-ethyl adjacent to an activating group) is 1. The van der Waals surface area contributed by atoms with Crippen LogP contribution in [0.5, 0.6) is 5.75 Å². The second-order valence-electron chi connectivity index (χ2n) is 12.6. The third kappa shape index (κ3) is 8.09. The Bertz CT molecular complexity index is 1750. The van der Waals surface area contributed by atoms with E-state index in [0.717, 1.165) is 39.5 Å². The first-order chi connectivity index (χ1) is 24.7. The van der Waals surface area contributed by atoms with Crippen LogP contribution in [0.25, 0.3) is 5.57 Å². The minimum Gasteiger partial charge on any atom is -0.495 e. The van der Waals surface area contributed by atoms with Gasteiger partial charge >= 0.3 is 0 Å². The van der Waals surface area contributed by atoms with Crippen LogP contribution in [0.1, 0.15) is 50.5 Å². The summed E-state index contributed by atoms with van der Waals surface area (Å²) in [5.74, 6) is 0.0989. The molecule has 5 rings (SSSR count). The molecule has 3 aromatic rings. The van der Waals surface area contributed by atoms with Gasteiger partial charge in [-0.1, -0.05) is 54.1 Å². The summed E-state index contributed by atoms with van der Waals surface area (Å²) in [6.45, 7) is 1.16. The number of aromatic nitrogens is 1. The first-order valence-corrected chi connectivity index (χ1v) is 17.2. The predicted octanol–water partition coefficient (Wildman–Crippen LogP) is 5.78. The second kappa shape index (κ2) is 17.5. The van der Waals surface area contributed by atoms with Gasteiger partial charge in [-0.15, -0.1) is 0 Å². The number of benzene rings is 2. The molecule has 4 atom stereocenters. The summed E-state index contributed by atoms with van der Waals surface area (Å²) in [6.07, 6.45) is 3.34. The van der Waals surface area contributed by atoms with E-state index in [-0.39, 0.29) is 24.9 Å². The zero-order valence-electron chi connectivity index (χ0n) is 30.4. The molecule has 0 radical (unpaired) electrons. The number of rotatable bonds is 15. The lowest BCUT2D eigenvalue weighted by molar-refractivity contribution is -0.160. The number of carbonyl (C=O) groups is 2. The summed E-state index contributed by atoms with van der Waals surface area (Å²) >= 11 is 6.39. The summed E-state index contributed by atoms with van der Waals surface area (Å²) in [5, 5.41) is 0.765. The zero-order valence-corrected chi connectivity index (χ0v) is 31.1. The maximum atomic E-state index is 14.5. The number of hydrogen-bond acceptors (Lipinski definition) is 8. The van der Waals surface area contributed by atoms with Crippen LogP contribution >= 0.6 is 11.6 Å².